The minimum atomic E-state index is 0.399. The van der Waals surface area contributed by atoms with Gasteiger partial charge in [0.25, 0.3) is 0 Å². The maximum absolute atomic E-state index is 12.2. The van der Waals surface area contributed by atoms with Gasteiger partial charge in [-0.1, -0.05) is 13.3 Å². The van der Waals surface area contributed by atoms with Gasteiger partial charge < -0.3 is 4.90 Å². The molecule has 2 heteroatoms. The molecule has 90 valence electrons. The molecule has 2 saturated carbocycles. The van der Waals surface area contributed by atoms with Crippen LogP contribution in [0.4, 0.5) is 0 Å². The molecule has 3 fully saturated rings. The van der Waals surface area contributed by atoms with E-state index in [-0.39, 0.29) is 0 Å². The topological polar surface area (TPSA) is 20.3 Å². The molecule has 5 atom stereocenters. The maximum Gasteiger partial charge on any atom is 0.226 e. The molecule has 1 amide bonds. The summed E-state index contributed by atoms with van der Waals surface area (Å²) in [4.78, 5) is 14.2. The minimum Gasteiger partial charge on any atom is -0.345 e. The molecular weight excluding hydrogens is 198 g/mol. The second-order valence-corrected chi connectivity index (χ2v) is 6.42. The Hall–Kier alpha value is -0.530. The van der Waals surface area contributed by atoms with Gasteiger partial charge in [-0.3, -0.25) is 4.79 Å². The highest BCUT2D eigenvalue weighted by molar-refractivity contribution is 5.81. The Labute approximate surface area is 98.4 Å². The van der Waals surface area contributed by atoms with Crippen molar-refractivity contribution in [3.05, 3.63) is 0 Å². The summed E-state index contributed by atoms with van der Waals surface area (Å²) in [6.07, 6.45) is 6.73. The summed E-state index contributed by atoms with van der Waals surface area (Å²) >= 11 is 0. The second-order valence-electron chi connectivity index (χ2n) is 6.42. The first-order chi connectivity index (χ1) is 7.66. The van der Waals surface area contributed by atoms with Gasteiger partial charge in [-0.15, -0.1) is 0 Å². The summed E-state index contributed by atoms with van der Waals surface area (Å²) in [6.45, 7) is 3.41. The van der Waals surface area contributed by atoms with Crippen molar-refractivity contribution in [2.75, 3.05) is 13.6 Å². The SMILES string of the molecule is CC1CCC2C(CCC3CN(C)C(=O)C32)C1. The Morgan fingerprint density at radius 3 is 2.69 bits per heavy atom. The molecule has 3 rings (SSSR count). The van der Waals surface area contributed by atoms with Crippen molar-refractivity contribution in [3.63, 3.8) is 0 Å². The predicted molar refractivity (Wildman–Crippen MR) is 63.8 cm³/mol. The van der Waals surface area contributed by atoms with Gasteiger partial charge in [0.05, 0.1) is 0 Å². The van der Waals surface area contributed by atoms with Gasteiger partial charge in [-0.05, 0) is 49.4 Å². The van der Waals surface area contributed by atoms with Gasteiger partial charge in [-0.25, -0.2) is 0 Å². The Morgan fingerprint density at radius 1 is 1.12 bits per heavy atom. The van der Waals surface area contributed by atoms with Crippen molar-refractivity contribution < 1.29 is 4.79 Å². The average Bonchev–Trinajstić information content (AvgIpc) is 2.55. The van der Waals surface area contributed by atoms with Crippen LogP contribution in [0.1, 0.15) is 39.0 Å². The van der Waals surface area contributed by atoms with Crippen LogP contribution in [0.2, 0.25) is 0 Å². The second kappa shape index (κ2) is 3.75. The number of fused-ring (bicyclic) bond motifs is 3. The van der Waals surface area contributed by atoms with Crippen LogP contribution in [-0.2, 0) is 4.79 Å². The quantitative estimate of drug-likeness (QED) is 0.615. The van der Waals surface area contributed by atoms with Crippen molar-refractivity contribution >= 4 is 5.91 Å². The summed E-state index contributed by atoms with van der Waals surface area (Å²) in [5, 5.41) is 0. The molecule has 0 spiro atoms. The standard InChI is InChI=1S/C14H23NO/c1-9-3-6-12-10(7-9)4-5-11-8-15(2)14(16)13(11)12/h9-13H,3-8H2,1-2H3. The van der Waals surface area contributed by atoms with E-state index in [1.54, 1.807) is 0 Å². The highest BCUT2D eigenvalue weighted by Crippen LogP contribution is 2.50. The first-order valence-corrected chi connectivity index (χ1v) is 6.91. The van der Waals surface area contributed by atoms with Crippen LogP contribution in [0.25, 0.3) is 0 Å². The highest BCUT2D eigenvalue weighted by atomic mass is 16.2. The number of hydrogen-bond acceptors (Lipinski definition) is 1. The van der Waals surface area contributed by atoms with Crippen LogP contribution < -0.4 is 0 Å². The Kier molecular flexibility index (Phi) is 2.49. The molecule has 0 radical (unpaired) electrons. The molecule has 0 aromatic carbocycles. The summed E-state index contributed by atoms with van der Waals surface area (Å²) in [7, 11) is 1.99. The third-order valence-electron chi connectivity index (χ3n) is 5.35. The number of carbonyl (C=O) groups is 1. The molecule has 5 unspecified atom stereocenters. The summed E-state index contributed by atoms with van der Waals surface area (Å²) in [5.74, 6) is 4.03. The van der Waals surface area contributed by atoms with Gasteiger partial charge in [0.2, 0.25) is 5.91 Å². The molecule has 0 aromatic heterocycles. The molecule has 1 heterocycles. The largest absolute Gasteiger partial charge is 0.345 e. The maximum atomic E-state index is 12.2. The van der Waals surface area contributed by atoms with Crippen LogP contribution in [0.3, 0.4) is 0 Å². The van der Waals surface area contributed by atoms with Gasteiger partial charge in [-0.2, -0.15) is 0 Å². The van der Waals surface area contributed by atoms with E-state index in [9.17, 15) is 4.79 Å². The lowest BCUT2D eigenvalue weighted by molar-refractivity contribution is -0.134. The molecular formula is C14H23NO. The van der Waals surface area contributed by atoms with Gasteiger partial charge >= 0.3 is 0 Å². The van der Waals surface area contributed by atoms with Crippen LogP contribution in [0.5, 0.6) is 0 Å². The van der Waals surface area contributed by atoms with Gasteiger partial charge in [0, 0.05) is 19.5 Å². The van der Waals surface area contributed by atoms with Crippen LogP contribution in [-0.4, -0.2) is 24.4 Å². The summed E-state index contributed by atoms with van der Waals surface area (Å²) in [5.41, 5.74) is 0. The molecule has 0 aromatic rings. The molecule has 3 aliphatic rings. The zero-order chi connectivity index (χ0) is 11.3. The van der Waals surface area contributed by atoms with Crippen molar-refractivity contribution in [2.24, 2.45) is 29.6 Å². The van der Waals surface area contributed by atoms with Gasteiger partial charge in [0.15, 0.2) is 0 Å². The van der Waals surface area contributed by atoms with Crippen LogP contribution in [0.15, 0.2) is 0 Å². The average molecular weight is 221 g/mol. The normalized spacial score (nSPS) is 47.8. The number of likely N-dealkylation sites (tertiary alicyclic amines) is 1. The molecule has 2 nitrogen and oxygen atoms in total. The summed E-state index contributed by atoms with van der Waals surface area (Å²) < 4.78 is 0. The zero-order valence-electron chi connectivity index (χ0n) is 10.5. The van der Waals surface area contributed by atoms with Crippen LogP contribution >= 0.6 is 0 Å². The fourth-order valence-corrected chi connectivity index (χ4v) is 4.57. The van der Waals surface area contributed by atoms with Crippen molar-refractivity contribution in [3.8, 4) is 0 Å². The Morgan fingerprint density at radius 2 is 1.88 bits per heavy atom. The third kappa shape index (κ3) is 1.49. The number of nitrogens with zero attached hydrogens (tertiary/aromatic N) is 1. The lowest BCUT2D eigenvalue weighted by atomic mass is 9.61. The molecule has 1 aliphatic heterocycles. The number of rotatable bonds is 0. The zero-order valence-corrected chi connectivity index (χ0v) is 10.5. The van der Waals surface area contributed by atoms with E-state index in [1.165, 1.54) is 32.1 Å². The lowest BCUT2D eigenvalue weighted by Gasteiger charge is -2.43. The molecule has 1 saturated heterocycles. The highest BCUT2D eigenvalue weighted by Gasteiger charge is 2.49. The Bertz CT molecular complexity index is 301. The lowest BCUT2D eigenvalue weighted by Crippen LogP contribution is -2.39. The third-order valence-corrected chi connectivity index (χ3v) is 5.35. The predicted octanol–water partition coefficient (Wildman–Crippen LogP) is 2.54. The molecule has 0 N–H and O–H groups in total. The number of carbonyl (C=O) groups excluding carboxylic acids is 1. The fourth-order valence-electron chi connectivity index (χ4n) is 4.57. The molecule has 0 bridgehead atoms. The van der Waals surface area contributed by atoms with Gasteiger partial charge in [0.1, 0.15) is 0 Å². The van der Waals surface area contributed by atoms with Crippen molar-refractivity contribution in [2.45, 2.75) is 39.0 Å². The van der Waals surface area contributed by atoms with E-state index in [1.807, 2.05) is 11.9 Å². The summed E-state index contributed by atoms with van der Waals surface area (Å²) in [6, 6.07) is 0. The monoisotopic (exact) mass is 221 g/mol. The Balaban J connectivity index is 1.81. The first kappa shape index (κ1) is 10.6. The number of amides is 1. The first-order valence-electron chi connectivity index (χ1n) is 6.91. The van der Waals surface area contributed by atoms with Crippen molar-refractivity contribution in [1.82, 2.24) is 4.90 Å². The van der Waals surface area contributed by atoms with Crippen LogP contribution in [0, 0.1) is 29.6 Å². The van der Waals surface area contributed by atoms with E-state index in [0.717, 1.165) is 24.3 Å². The van der Waals surface area contributed by atoms with Crippen molar-refractivity contribution in [1.29, 1.82) is 0 Å². The fraction of sp³-hybridized carbons (Fsp3) is 0.929. The minimum absolute atomic E-state index is 0.399. The molecule has 16 heavy (non-hydrogen) atoms. The van der Waals surface area contributed by atoms with E-state index in [0.29, 0.717) is 17.7 Å². The number of hydrogen-bond donors (Lipinski definition) is 0. The van der Waals surface area contributed by atoms with E-state index >= 15 is 0 Å². The molecule has 2 aliphatic carbocycles. The van der Waals surface area contributed by atoms with E-state index < -0.39 is 0 Å². The van der Waals surface area contributed by atoms with E-state index in [4.69, 9.17) is 0 Å². The van der Waals surface area contributed by atoms with E-state index in [2.05, 4.69) is 6.92 Å². The smallest absolute Gasteiger partial charge is 0.226 e.